The number of nitrogens with zero attached hydrogens (tertiary/aromatic N) is 2. The smallest absolute Gasteiger partial charge is 0.278 e. The van der Waals surface area contributed by atoms with E-state index < -0.39 is 0 Å². The molecule has 6 heteroatoms. The second-order valence-electron chi connectivity index (χ2n) is 8.03. The van der Waals surface area contributed by atoms with E-state index in [4.69, 9.17) is 9.47 Å². The van der Waals surface area contributed by atoms with E-state index >= 15 is 0 Å². The molecule has 0 aliphatic carbocycles. The number of benzene rings is 3. The van der Waals surface area contributed by atoms with Crippen LogP contribution in [-0.2, 0) is 22.7 Å². The number of likely N-dealkylation sites (N-methyl/N-ethyl adjacent to an activating group) is 1. The normalized spacial score (nSPS) is 13.4. The van der Waals surface area contributed by atoms with Crippen LogP contribution in [-0.4, -0.2) is 42.4 Å². The predicted molar refractivity (Wildman–Crippen MR) is 131 cm³/mol. The summed E-state index contributed by atoms with van der Waals surface area (Å²) in [4.78, 5) is 30.4. The summed E-state index contributed by atoms with van der Waals surface area (Å²) in [6.45, 7) is 3.10. The molecule has 34 heavy (non-hydrogen) atoms. The number of para-hydroxylation sites is 1. The molecule has 3 aromatic carbocycles. The Morgan fingerprint density at radius 2 is 1.53 bits per heavy atom. The number of hydrogen-bond donors (Lipinski definition) is 0. The highest BCUT2D eigenvalue weighted by molar-refractivity contribution is 6.35. The molecule has 1 heterocycles. The first-order valence-electron chi connectivity index (χ1n) is 11.2. The van der Waals surface area contributed by atoms with Crippen LogP contribution >= 0.6 is 0 Å². The van der Waals surface area contributed by atoms with Gasteiger partial charge in [-0.2, -0.15) is 0 Å². The van der Waals surface area contributed by atoms with Gasteiger partial charge in [0.15, 0.2) is 0 Å². The molecule has 0 radical (unpaired) electrons. The molecule has 4 rings (SSSR count). The average Bonchev–Trinajstić information content (AvgIpc) is 3.10. The third-order valence-corrected chi connectivity index (χ3v) is 5.76. The van der Waals surface area contributed by atoms with Crippen LogP contribution in [0, 0.1) is 0 Å². The predicted octanol–water partition coefficient (Wildman–Crippen LogP) is 4.51. The van der Waals surface area contributed by atoms with Crippen molar-refractivity contribution in [1.29, 1.82) is 0 Å². The summed E-state index contributed by atoms with van der Waals surface area (Å²) in [7, 11) is 3.42. The van der Waals surface area contributed by atoms with Crippen LogP contribution < -0.4 is 9.47 Å². The van der Waals surface area contributed by atoms with Crippen LogP contribution in [0.4, 0.5) is 0 Å². The monoisotopic (exact) mass is 456 g/mol. The molecule has 0 saturated heterocycles. The zero-order valence-electron chi connectivity index (χ0n) is 19.7. The molecule has 0 unspecified atom stereocenters. The number of carbonyl (C=O) groups excluding carboxylic acids is 2. The summed E-state index contributed by atoms with van der Waals surface area (Å²) in [6.07, 6.45) is 0. The van der Waals surface area contributed by atoms with Crippen molar-refractivity contribution in [3.8, 4) is 11.5 Å². The van der Waals surface area contributed by atoms with Crippen LogP contribution in [0.2, 0.25) is 0 Å². The Morgan fingerprint density at radius 1 is 0.853 bits per heavy atom. The van der Waals surface area contributed by atoms with Gasteiger partial charge < -0.3 is 14.4 Å². The number of ether oxygens (including phenoxy) is 2. The summed E-state index contributed by atoms with van der Waals surface area (Å²) in [6, 6.07) is 24.6. The van der Waals surface area contributed by atoms with Gasteiger partial charge in [0.05, 0.1) is 25.8 Å². The molecule has 174 valence electrons. The van der Waals surface area contributed by atoms with Crippen LogP contribution in [0.1, 0.15) is 23.6 Å². The van der Waals surface area contributed by atoms with Crippen LogP contribution in [0.3, 0.4) is 0 Å². The van der Waals surface area contributed by atoms with Crippen molar-refractivity contribution in [2.24, 2.45) is 0 Å². The lowest BCUT2D eigenvalue weighted by molar-refractivity contribution is -0.138. The third-order valence-electron chi connectivity index (χ3n) is 5.76. The lowest BCUT2D eigenvalue weighted by atomic mass is 10.0. The number of hydrogen-bond acceptors (Lipinski definition) is 5. The Balaban J connectivity index is 1.72. The van der Waals surface area contributed by atoms with E-state index in [1.165, 1.54) is 4.90 Å². The molecule has 0 atom stereocenters. The quantitative estimate of drug-likeness (QED) is 0.444. The van der Waals surface area contributed by atoms with Crippen molar-refractivity contribution in [3.63, 3.8) is 0 Å². The van der Waals surface area contributed by atoms with Gasteiger partial charge in [0.1, 0.15) is 17.2 Å². The summed E-state index contributed by atoms with van der Waals surface area (Å²) in [5, 5.41) is 0. The zero-order chi connectivity index (χ0) is 24.1. The average molecular weight is 457 g/mol. The second kappa shape index (κ2) is 10.3. The van der Waals surface area contributed by atoms with Crippen molar-refractivity contribution < 1.29 is 19.1 Å². The molecular formula is C28H28N2O4. The maximum atomic E-state index is 13.6. The molecule has 0 saturated carbocycles. The third kappa shape index (κ3) is 4.66. The first-order chi connectivity index (χ1) is 16.5. The van der Waals surface area contributed by atoms with Gasteiger partial charge in [0.25, 0.3) is 11.8 Å². The van der Waals surface area contributed by atoms with E-state index in [1.54, 1.807) is 7.11 Å². The maximum absolute atomic E-state index is 13.6. The highest BCUT2D eigenvalue weighted by Gasteiger charge is 2.41. The largest absolute Gasteiger partial charge is 0.496 e. The van der Waals surface area contributed by atoms with Gasteiger partial charge in [0.2, 0.25) is 0 Å². The van der Waals surface area contributed by atoms with Gasteiger partial charge >= 0.3 is 0 Å². The summed E-state index contributed by atoms with van der Waals surface area (Å²) in [5.74, 6) is 0.707. The molecule has 3 aromatic rings. The lowest BCUT2D eigenvalue weighted by Gasteiger charge is -2.22. The van der Waals surface area contributed by atoms with Gasteiger partial charge in [-0.15, -0.1) is 0 Å². The van der Waals surface area contributed by atoms with Crippen molar-refractivity contribution in [1.82, 2.24) is 9.80 Å². The van der Waals surface area contributed by atoms with Crippen LogP contribution in [0.5, 0.6) is 11.5 Å². The summed E-state index contributed by atoms with van der Waals surface area (Å²) >= 11 is 0. The number of imide groups is 1. The lowest BCUT2D eigenvalue weighted by Crippen LogP contribution is -2.33. The molecule has 0 aromatic heterocycles. The first kappa shape index (κ1) is 23.1. The van der Waals surface area contributed by atoms with Crippen molar-refractivity contribution in [3.05, 3.63) is 101 Å². The highest BCUT2D eigenvalue weighted by Crippen LogP contribution is 2.34. The number of carbonyl (C=O) groups is 2. The molecule has 6 nitrogen and oxygen atoms in total. The Kier molecular flexibility index (Phi) is 6.97. The molecule has 0 spiro atoms. The van der Waals surface area contributed by atoms with Gasteiger partial charge in [-0.3, -0.25) is 14.5 Å². The molecule has 0 fully saturated rings. The molecule has 0 bridgehead atoms. The van der Waals surface area contributed by atoms with Crippen LogP contribution in [0.25, 0.3) is 5.57 Å². The molecular weight excluding hydrogens is 428 g/mol. The Hall–Kier alpha value is -4.06. The SMILES string of the molecule is CCOc1ccc(C2=C(N(C)Cc3ccccc3)C(=O)N(Cc3ccccc3OC)C2=O)cc1. The zero-order valence-corrected chi connectivity index (χ0v) is 19.7. The topological polar surface area (TPSA) is 59.1 Å². The Labute approximate surface area is 200 Å². The maximum Gasteiger partial charge on any atom is 0.278 e. The van der Waals surface area contributed by atoms with E-state index in [-0.39, 0.29) is 18.4 Å². The minimum Gasteiger partial charge on any atom is -0.496 e. The van der Waals surface area contributed by atoms with Gasteiger partial charge in [0, 0.05) is 19.2 Å². The van der Waals surface area contributed by atoms with Crippen molar-refractivity contribution in [2.45, 2.75) is 20.0 Å². The second-order valence-corrected chi connectivity index (χ2v) is 8.03. The molecule has 2 amide bonds. The van der Waals surface area contributed by atoms with Crippen molar-refractivity contribution in [2.75, 3.05) is 20.8 Å². The Morgan fingerprint density at radius 3 is 2.21 bits per heavy atom. The fourth-order valence-corrected chi connectivity index (χ4v) is 4.15. The van der Waals surface area contributed by atoms with Gasteiger partial charge in [-0.05, 0) is 36.2 Å². The summed E-state index contributed by atoms with van der Waals surface area (Å²) in [5.41, 5.74) is 3.27. The van der Waals surface area contributed by atoms with Gasteiger partial charge in [-0.25, -0.2) is 0 Å². The number of methoxy groups -OCH3 is 1. The Bertz CT molecular complexity index is 1200. The van der Waals surface area contributed by atoms with Crippen LogP contribution in [0.15, 0.2) is 84.6 Å². The van der Waals surface area contributed by atoms with E-state index in [9.17, 15) is 9.59 Å². The highest BCUT2D eigenvalue weighted by atomic mass is 16.5. The number of rotatable bonds is 9. The molecule has 1 aliphatic heterocycles. The number of amides is 2. The van der Waals surface area contributed by atoms with Crippen molar-refractivity contribution >= 4 is 17.4 Å². The van der Waals surface area contributed by atoms with Gasteiger partial charge in [-0.1, -0.05) is 60.7 Å². The summed E-state index contributed by atoms with van der Waals surface area (Å²) < 4.78 is 11.0. The molecule has 0 N–H and O–H groups in total. The minimum atomic E-state index is -0.324. The van der Waals surface area contributed by atoms with E-state index in [0.29, 0.717) is 41.5 Å². The fraction of sp³-hybridized carbons (Fsp3) is 0.214. The van der Waals surface area contributed by atoms with E-state index in [2.05, 4.69) is 0 Å². The molecule has 1 aliphatic rings. The fourth-order valence-electron chi connectivity index (χ4n) is 4.15. The minimum absolute atomic E-state index is 0.130. The van der Waals surface area contributed by atoms with E-state index in [1.807, 2.05) is 97.7 Å². The first-order valence-corrected chi connectivity index (χ1v) is 11.2. The van der Waals surface area contributed by atoms with E-state index in [0.717, 1.165) is 11.1 Å². The standard InChI is InChI=1S/C28H28N2O4/c1-4-34-23-16-14-21(15-17-23)25-26(29(2)18-20-10-6-5-7-11-20)28(32)30(27(25)31)19-22-12-8-9-13-24(22)33-3/h5-17H,4,18-19H2,1-3H3.